The smallest absolute Gasteiger partial charge is 0.234 e. The standard InChI is InChI=1S/C15H20N2O3/c1-3-4-10-20-15-12(6-5-7-13(15)19-2)11-17-14(18)8-9-16/h5-7H,3-4,8,10-11H2,1-2H3,(H,17,18). The predicted octanol–water partition coefficient (Wildman–Crippen LogP) is 2.40. The number of carbonyl (C=O) groups excluding carboxylic acids is 1. The highest BCUT2D eigenvalue weighted by Crippen LogP contribution is 2.31. The summed E-state index contributed by atoms with van der Waals surface area (Å²) in [6.45, 7) is 3.02. The fourth-order valence-electron chi connectivity index (χ4n) is 1.67. The van der Waals surface area contributed by atoms with Gasteiger partial charge in [-0.15, -0.1) is 0 Å². The molecule has 0 aliphatic heterocycles. The van der Waals surface area contributed by atoms with E-state index in [0.717, 1.165) is 18.4 Å². The van der Waals surface area contributed by atoms with E-state index in [0.29, 0.717) is 24.7 Å². The summed E-state index contributed by atoms with van der Waals surface area (Å²) in [5.41, 5.74) is 0.840. The van der Waals surface area contributed by atoms with Gasteiger partial charge in [0.05, 0.1) is 19.8 Å². The molecule has 0 aromatic heterocycles. The molecule has 1 N–H and O–H groups in total. The molecule has 0 aliphatic carbocycles. The van der Waals surface area contributed by atoms with E-state index in [1.165, 1.54) is 0 Å². The van der Waals surface area contributed by atoms with Crippen molar-refractivity contribution in [3.63, 3.8) is 0 Å². The van der Waals surface area contributed by atoms with Crippen LogP contribution in [0.4, 0.5) is 0 Å². The molecule has 1 amide bonds. The van der Waals surface area contributed by atoms with Gasteiger partial charge < -0.3 is 14.8 Å². The Bertz CT molecular complexity index is 480. The summed E-state index contributed by atoms with van der Waals surface area (Å²) in [7, 11) is 1.58. The highest BCUT2D eigenvalue weighted by Gasteiger charge is 2.11. The molecule has 20 heavy (non-hydrogen) atoms. The molecule has 5 nitrogen and oxygen atoms in total. The molecule has 1 aromatic rings. The Kier molecular flexibility index (Phi) is 6.97. The van der Waals surface area contributed by atoms with Crippen LogP contribution in [0.3, 0.4) is 0 Å². The van der Waals surface area contributed by atoms with E-state index >= 15 is 0 Å². The van der Waals surface area contributed by atoms with Crippen LogP contribution < -0.4 is 14.8 Å². The summed E-state index contributed by atoms with van der Waals surface area (Å²) in [5.74, 6) is 1.00. The van der Waals surface area contributed by atoms with Crippen molar-refractivity contribution in [2.24, 2.45) is 0 Å². The average Bonchev–Trinajstić information content (AvgIpc) is 2.46. The monoisotopic (exact) mass is 276 g/mol. The Morgan fingerprint density at radius 1 is 1.45 bits per heavy atom. The Morgan fingerprint density at radius 2 is 2.25 bits per heavy atom. The van der Waals surface area contributed by atoms with Gasteiger partial charge in [0.2, 0.25) is 5.91 Å². The van der Waals surface area contributed by atoms with Gasteiger partial charge in [-0.25, -0.2) is 0 Å². The molecule has 0 saturated carbocycles. The molecule has 0 unspecified atom stereocenters. The summed E-state index contributed by atoms with van der Waals surface area (Å²) in [6.07, 6.45) is 1.86. The van der Waals surface area contributed by atoms with Gasteiger partial charge in [0.1, 0.15) is 6.42 Å². The highest BCUT2D eigenvalue weighted by atomic mass is 16.5. The number of amides is 1. The van der Waals surface area contributed by atoms with Gasteiger partial charge in [0.25, 0.3) is 0 Å². The molecule has 108 valence electrons. The number of carbonyl (C=O) groups is 1. The molecule has 0 atom stereocenters. The maximum absolute atomic E-state index is 11.3. The molecule has 1 rings (SSSR count). The molecule has 0 heterocycles. The molecule has 0 fully saturated rings. The van der Waals surface area contributed by atoms with Crippen LogP contribution in [0.1, 0.15) is 31.7 Å². The van der Waals surface area contributed by atoms with E-state index in [2.05, 4.69) is 12.2 Å². The van der Waals surface area contributed by atoms with Crippen LogP contribution in [0.2, 0.25) is 0 Å². The van der Waals surface area contributed by atoms with Crippen molar-refractivity contribution in [3.05, 3.63) is 23.8 Å². The number of nitrogens with zero attached hydrogens (tertiary/aromatic N) is 1. The molecule has 0 spiro atoms. The molecule has 0 saturated heterocycles. The van der Waals surface area contributed by atoms with E-state index in [9.17, 15) is 4.79 Å². The normalized spacial score (nSPS) is 9.65. The SMILES string of the molecule is CCCCOc1c(CNC(=O)CC#N)cccc1OC. The zero-order chi connectivity index (χ0) is 14.8. The van der Waals surface area contributed by atoms with Crippen molar-refractivity contribution < 1.29 is 14.3 Å². The van der Waals surface area contributed by atoms with Gasteiger partial charge >= 0.3 is 0 Å². The van der Waals surface area contributed by atoms with Crippen LogP contribution in [-0.2, 0) is 11.3 Å². The number of nitriles is 1. The maximum Gasteiger partial charge on any atom is 0.234 e. The molecular formula is C15H20N2O3. The zero-order valence-corrected chi connectivity index (χ0v) is 11.9. The van der Waals surface area contributed by atoms with E-state index in [1.807, 2.05) is 24.3 Å². The van der Waals surface area contributed by atoms with Crippen LogP contribution in [-0.4, -0.2) is 19.6 Å². The summed E-state index contributed by atoms with van der Waals surface area (Å²) < 4.78 is 11.0. The van der Waals surface area contributed by atoms with Crippen molar-refractivity contribution in [2.45, 2.75) is 32.7 Å². The zero-order valence-electron chi connectivity index (χ0n) is 11.9. The summed E-state index contributed by atoms with van der Waals surface area (Å²) in [5, 5.41) is 11.1. The Hall–Kier alpha value is -2.22. The van der Waals surface area contributed by atoms with Gasteiger partial charge in [-0.1, -0.05) is 25.5 Å². The second kappa shape index (κ2) is 8.81. The van der Waals surface area contributed by atoms with Crippen molar-refractivity contribution in [3.8, 4) is 17.6 Å². The van der Waals surface area contributed by atoms with Crippen LogP contribution in [0, 0.1) is 11.3 Å². The van der Waals surface area contributed by atoms with Gasteiger partial charge in [-0.05, 0) is 12.5 Å². The van der Waals surface area contributed by atoms with Crippen molar-refractivity contribution in [1.82, 2.24) is 5.32 Å². The highest BCUT2D eigenvalue weighted by molar-refractivity contribution is 5.78. The first-order valence-electron chi connectivity index (χ1n) is 6.65. The molecular weight excluding hydrogens is 256 g/mol. The molecule has 1 aromatic carbocycles. The van der Waals surface area contributed by atoms with Gasteiger partial charge in [0.15, 0.2) is 11.5 Å². The molecule has 0 radical (unpaired) electrons. The van der Waals surface area contributed by atoms with Crippen LogP contribution in [0.5, 0.6) is 11.5 Å². The Balaban J connectivity index is 2.77. The second-order valence-electron chi connectivity index (χ2n) is 4.26. The van der Waals surface area contributed by atoms with Crippen LogP contribution in [0.15, 0.2) is 18.2 Å². The number of benzene rings is 1. The third-order valence-electron chi connectivity index (χ3n) is 2.74. The third-order valence-corrected chi connectivity index (χ3v) is 2.74. The minimum Gasteiger partial charge on any atom is -0.493 e. The van der Waals surface area contributed by atoms with Crippen molar-refractivity contribution in [2.75, 3.05) is 13.7 Å². The lowest BCUT2D eigenvalue weighted by molar-refractivity contribution is -0.120. The molecule has 0 aliphatic rings. The minimum absolute atomic E-state index is 0.143. The Morgan fingerprint density at radius 3 is 2.90 bits per heavy atom. The second-order valence-corrected chi connectivity index (χ2v) is 4.26. The fraction of sp³-hybridized carbons (Fsp3) is 0.467. The quantitative estimate of drug-likeness (QED) is 0.740. The number of methoxy groups -OCH3 is 1. The average molecular weight is 276 g/mol. The topological polar surface area (TPSA) is 71.3 Å². The summed E-state index contributed by atoms with van der Waals surface area (Å²) >= 11 is 0. The number of hydrogen-bond acceptors (Lipinski definition) is 4. The first-order chi connectivity index (χ1) is 9.72. The molecule has 0 bridgehead atoms. The van der Waals surface area contributed by atoms with Gasteiger partial charge in [-0.2, -0.15) is 5.26 Å². The minimum atomic E-state index is -0.296. The van der Waals surface area contributed by atoms with Crippen molar-refractivity contribution in [1.29, 1.82) is 5.26 Å². The van der Waals surface area contributed by atoms with E-state index in [-0.39, 0.29) is 12.3 Å². The number of hydrogen-bond donors (Lipinski definition) is 1. The van der Waals surface area contributed by atoms with Gasteiger partial charge in [-0.3, -0.25) is 4.79 Å². The van der Waals surface area contributed by atoms with Crippen molar-refractivity contribution >= 4 is 5.91 Å². The number of nitrogens with one attached hydrogen (secondary N) is 1. The lowest BCUT2D eigenvalue weighted by Crippen LogP contribution is -2.22. The summed E-state index contributed by atoms with van der Waals surface area (Å²) in [6, 6.07) is 7.35. The first kappa shape index (κ1) is 15.8. The number of ether oxygens (including phenoxy) is 2. The largest absolute Gasteiger partial charge is 0.493 e. The Labute approximate surface area is 119 Å². The fourth-order valence-corrected chi connectivity index (χ4v) is 1.67. The first-order valence-corrected chi connectivity index (χ1v) is 6.65. The van der Waals surface area contributed by atoms with E-state index < -0.39 is 0 Å². The lowest BCUT2D eigenvalue weighted by Gasteiger charge is -2.15. The predicted molar refractivity (Wildman–Crippen MR) is 75.5 cm³/mol. The van der Waals surface area contributed by atoms with Crippen LogP contribution in [0.25, 0.3) is 0 Å². The van der Waals surface area contributed by atoms with Gasteiger partial charge in [0, 0.05) is 12.1 Å². The number of unbranched alkanes of at least 4 members (excludes halogenated alkanes) is 1. The van der Waals surface area contributed by atoms with E-state index in [4.69, 9.17) is 14.7 Å². The number of rotatable bonds is 8. The maximum atomic E-state index is 11.3. The molecule has 5 heteroatoms. The lowest BCUT2D eigenvalue weighted by atomic mass is 10.1. The number of para-hydroxylation sites is 1. The van der Waals surface area contributed by atoms with Crippen LogP contribution >= 0.6 is 0 Å². The summed E-state index contributed by atoms with van der Waals surface area (Å²) in [4.78, 5) is 11.3. The van der Waals surface area contributed by atoms with E-state index in [1.54, 1.807) is 7.11 Å². The third kappa shape index (κ3) is 4.81.